The predicted molar refractivity (Wildman–Crippen MR) is 65.2 cm³/mol. The van der Waals surface area contributed by atoms with Gasteiger partial charge in [0.05, 0.1) is 17.9 Å². The fourth-order valence-electron chi connectivity index (χ4n) is 1.32. The molecule has 7 heteroatoms. The molecule has 0 amide bonds. The van der Waals surface area contributed by atoms with Crippen LogP contribution in [0, 0.1) is 6.92 Å². The first kappa shape index (κ1) is 14.5. The van der Waals surface area contributed by atoms with Crippen molar-refractivity contribution in [3.63, 3.8) is 0 Å². The third kappa shape index (κ3) is 3.71. The topological polar surface area (TPSA) is 92.7 Å². The molecule has 100 valence electrons. The number of carbonyl (C=O) groups is 1. The molecule has 0 aliphatic heterocycles. The minimum absolute atomic E-state index is 0.0499. The standard InChI is InChI=1S/C11H15NO5S/c1-8-7-9(18(15,16)12-2)3-4-10(8)17-6-5-11(13)14/h3-4,7,12H,5-6H2,1-2H3,(H,13,14). The second-order valence-electron chi connectivity index (χ2n) is 3.63. The van der Waals surface area contributed by atoms with Crippen LogP contribution in [0.1, 0.15) is 12.0 Å². The van der Waals surface area contributed by atoms with E-state index in [0.29, 0.717) is 11.3 Å². The molecule has 0 spiro atoms. The Bertz CT molecular complexity index is 538. The van der Waals surface area contributed by atoms with Gasteiger partial charge in [-0.05, 0) is 37.7 Å². The first-order chi connectivity index (χ1) is 8.36. The van der Waals surface area contributed by atoms with Crippen LogP contribution < -0.4 is 9.46 Å². The van der Waals surface area contributed by atoms with Gasteiger partial charge in [-0.3, -0.25) is 4.79 Å². The van der Waals surface area contributed by atoms with Gasteiger partial charge in [-0.1, -0.05) is 0 Å². The molecular formula is C11H15NO5S. The molecule has 0 atom stereocenters. The molecule has 0 bridgehead atoms. The summed E-state index contributed by atoms with van der Waals surface area (Å²) in [6.07, 6.45) is -0.101. The van der Waals surface area contributed by atoms with Crippen LogP contribution in [0.2, 0.25) is 0 Å². The molecular weight excluding hydrogens is 258 g/mol. The van der Waals surface area contributed by atoms with Crippen LogP contribution in [0.3, 0.4) is 0 Å². The van der Waals surface area contributed by atoms with Gasteiger partial charge in [0.15, 0.2) is 0 Å². The van der Waals surface area contributed by atoms with Crippen LogP contribution in [-0.2, 0) is 14.8 Å². The zero-order valence-corrected chi connectivity index (χ0v) is 11.0. The summed E-state index contributed by atoms with van der Waals surface area (Å²) >= 11 is 0. The van der Waals surface area contributed by atoms with E-state index in [0.717, 1.165) is 0 Å². The largest absolute Gasteiger partial charge is 0.493 e. The van der Waals surface area contributed by atoms with Gasteiger partial charge in [0.2, 0.25) is 10.0 Å². The van der Waals surface area contributed by atoms with Gasteiger partial charge in [0.1, 0.15) is 5.75 Å². The predicted octanol–water partition coefficient (Wildman–Crippen LogP) is 0.757. The molecule has 6 nitrogen and oxygen atoms in total. The third-order valence-electron chi connectivity index (χ3n) is 2.30. The fraction of sp³-hybridized carbons (Fsp3) is 0.364. The van der Waals surface area contributed by atoms with E-state index < -0.39 is 16.0 Å². The Labute approximate surface area is 106 Å². The molecule has 0 fully saturated rings. The molecule has 0 heterocycles. The average molecular weight is 273 g/mol. The van der Waals surface area contributed by atoms with Gasteiger partial charge >= 0.3 is 5.97 Å². The molecule has 18 heavy (non-hydrogen) atoms. The zero-order chi connectivity index (χ0) is 13.8. The number of nitrogens with one attached hydrogen (secondary N) is 1. The van der Waals surface area contributed by atoms with E-state index in [1.165, 1.54) is 25.2 Å². The molecule has 0 aliphatic rings. The van der Waals surface area contributed by atoms with Crippen molar-refractivity contribution >= 4 is 16.0 Å². The van der Waals surface area contributed by atoms with Crippen molar-refractivity contribution in [2.24, 2.45) is 0 Å². The van der Waals surface area contributed by atoms with Crippen molar-refractivity contribution in [2.45, 2.75) is 18.2 Å². The number of sulfonamides is 1. The maximum atomic E-state index is 11.5. The van der Waals surface area contributed by atoms with Gasteiger partial charge in [0, 0.05) is 0 Å². The van der Waals surface area contributed by atoms with Crippen LogP contribution in [-0.4, -0.2) is 33.1 Å². The number of aryl methyl sites for hydroxylation is 1. The smallest absolute Gasteiger partial charge is 0.306 e. The Morgan fingerprint density at radius 2 is 2.11 bits per heavy atom. The lowest BCUT2D eigenvalue weighted by atomic mass is 10.2. The Morgan fingerprint density at radius 1 is 1.44 bits per heavy atom. The van der Waals surface area contributed by atoms with E-state index >= 15 is 0 Å². The van der Waals surface area contributed by atoms with E-state index in [4.69, 9.17) is 9.84 Å². The Kier molecular flexibility index (Phi) is 4.69. The maximum Gasteiger partial charge on any atom is 0.306 e. The number of carboxylic acid groups (broad SMARTS) is 1. The minimum Gasteiger partial charge on any atom is -0.493 e. The quantitative estimate of drug-likeness (QED) is 0.798. The average Bonchev–Trinajstić information content (AvgIpc) is 2.30. The number of benzene rings is 1. The highest BCUT2D eigenvalue weighted by atomic mass is 32.2. The van der Waals surface area contributed by atoms with Crippen LogP contribution in [0.4, 0.5) is 0 Å². The van der Waals surface area contributed by atoms with Gasteiger partial charge in [0.25, 0.3) is 0 Å². The molecule has 1 rings (SSSR count). The Hall–Kier alpha value is -1.60. The van der Waals surface area contributed by atoms with Crippen LogP contribution >= 0.6 is 0 Å². The summed E-state index contributed by atoms with van der Waals surface area (Å²) < 4.78 is 30.5. The second-order valence-corrected chi connectivity index (χ2v) is 5.51. The highest BCUT2D eigenvalue weighted by Crippen LogP contribution is 2.21. The molecule has 2 N–H and O–H groups in total. The molecule has 0 radical (unpaired) electrons. The molecule has 1 aromatic rings. The van der Waals surface area contributed by atoms with Gasteiger partial charge in [-0.2, -0.15) is 0 Å². The second kappa shape index (κ2) is 5.83. The lowest BCUT2D eigenvalue weighted by Gasteiger charge is -2.10. The van der Waals surface area contributed by atoms with Crippen LogP contribution in [0.5, 0.6) is 5.75 Å². The number of hydrogen-bond acceptors (Lipinski definition) is 4. The SMILES string of the molecule is CNS(=O)(=O)c1ccc(OCCC(=O)O)c(C)c1. The van der Waals surface area contributed by atoms with E-state index in [1.54, 1.807) is 6.92 Å². The number of ether oxygens (including phenoxy) is 1. The van der Waals surface area contributed by atoms with Crippen LogP contribution in [0.25, 0.3) is 0 Å². The zero-order valence-electron chi connectivity index (χ0n) is 10.1. The van der Waals surface area contributed by atoms with Crippen molar-refractivity contribution in [1.29, 1.82) is 0 Å². The molecule has 0 unspecified atom stereocenters. The van der Waals surface area contributed by atoms with Gasteiger partial charge in [-0.15, -0.1) is 0 Å². The lowest BCUT2D eigenvalue weighted by Crippen LogP contribution is -2.18. The monoisotopic (exact) mass is 273 g/mol. The minimum atomic E-state index is -3.47. The summed E-state index contributed by atoms with van der Waals surface area (Å²) in [5.74, 6) is -0.465. The van der Waals surface area contributed by atoms with Gasteiger partial charge in [-0.25, -0.2) is 13.1 Å². The van der Waals surface area contributed by atoms with Gasteiger partial charge < -0.3 is 9.84 Å². The van der Waals surface area contributed by atoms with Crippen LogP contribution in [0.15, 0.2) is 23.1 Å². The highest BCUT2D eigenvalue weighted by molar-refractivity contribution is 7.89. The number of hydrogen-bond donors (Lipinski definition) is 2. The normalized spacial score (nSPS) is 11.2. The first-order valence-electron chi connectivity index (χ1n) is 5.25. The number of aliphatic carboxylic acids is 1. The molecule has 1 aromatic carbocycles. The summed E-state index contributed by atoms with van der Waals surface area (Å²) in [5, 5.41) is 8.48. The first-order valence-corrected chi connectivity index (χ1v) is 6.74. The summed E-state index contributed by atoms with van der Waals surface area (Å²) in [7, 11) is -2.14. The maximum absolute atomic E-state index is 11.5. The summed E-state index contributed by atoms with van der Waals surface area (Å²) in [5.41, 5.74) is 0.636. The van der Waals surface area contributed by atoms with E-state index in [-0.39, 0.29) is 17.9 Å². The summed E-state index contributed by atoms with van der Waals surface area (Å²) in [6.45, 7) is 1.75. The van der Waals surface area contributed by atoms with E-state index in [9.17, 15) is 13.2 Å². The lowest BCUT2D eigenvalue weighted by molar-refractivity contribution is -0.137. The van der Waals surface area contributed by atoms with Crippen molar-refractivity contribution in [2.75, 3.05) is 13.7 Å². The molecule has 0 saturated heterocycles. The molecule has 0 aliphatic carbocycles. The Balaban J connectivity index is 2.84. The van der Waals surface area contributed by atoms with E-state index in [2.05, 4.69) is 4.72 Å². The van der Waals surface area contributed by atoms with Crippen molar-refractivity contribution in [1.82, 2.24) is 4.72 Å². The molecule has 0 saturated carbocycles. The summed E-state index contributed by atoms with van der Waals surface area (Å²) in [4.78, 5) is 10.5. The third-order valence-corrected chi connectivity index (χ3v) is 3.71. The fourth-order valence-corrected chi connectivity index (χ4v) is 2.13. The number of carboxylic acids is 1. The highest BCUT2D eigenvalue weighted by Gasteiger charge is 2.13. The van der Waals surface area contributed by atoms with Crippen molar-refractivity contribution in [3.05, 3.63) is 23.8 Å². The number of rotatable bonds is 6. The van der Waals surface area contributed by atoms with Crippen molar-refractivity contribution in [3.8, 4) is 5.75 Å². The molecule has 0 aromatic heterocycles. The summed E-state index contributed by atoms with van der Waals surface area (Å²) in [6, 6.07) is 4.40. The Morgan fingerprint density at radius 3 is 2.61 bits per heavy atom. The van der Waals surface area contributed by atoms with Crippen molar-refractivity contribution < 1.29 is 23.1 Å². The van der Waals surface area contributed by atoms with E-state index in [1.807, 2.05) is 0 Å².